The van der Waals surface area contributed by atoms with E-state index in [-0.39, 0.29) is 35.1 Å². The van der Waals surface area contributed by atoms with Crippen molar-refractivity contribution in [3.63, 3.8) is 0 Å². The van der Waals surface area contributed by atoms with Crippen molar-refractivity contribution < 1.29 is 29.0 Å². The number of phenolic OH excluding ortho intramolecular Hbond substituents is 1. The summed E-state index contributed by atoms with van der Waals surface area (Å²) in [6, 6.07) is 9.24. The van der Waals surface area contributed by atoms with Crippen molar-refractivity contribution in [2.45, 2.75) is 71.6 Å². The average Bonchev–Trinajstić information content (AvgIpc) is 2.74. The summed E-state index contributed by atoms with van der Waals surface area (Å²) in [5, 5.41) is 11.3. The van der Waals surface area contributed by atoms with E-state index in [9.17, 15) is 19.5 Å². The maximum absolute atomic E-state index is 14.2. The highest BCUT2D eigenvalue weighted by Gasteiger charge is 2.58. The van der Waals surface area contributed by atoms with Crippen LogP contribution in [0.5, 0.6) is 5.75 Å². The first-order valence-electron chi connectivity index (χ1n) is 11.7. The number of phenols is 1. The SMILES string of the molecule is CCOC(=O)C(C(=O)OCC)(C(=O)c1ccccc1Cl)c1cc(C(C)(C)C)c(O)c(C(C)(C)C)c1. The molecule has 190 valence electrons. The molecule has 2 aromatic carbocycles. The minimum Gasteiger partial charge on any atom is -0.507 e. The Morgan fingerprint density at radius 1 is 0.829 bits per heavy atom. The molecule has 0 heterocycles. The molecule has 35 heavy (non-hydrogen) atoms. The summed E-state index contributed by atoms with van der Waals surface area (Å²) in [6.45, 7) is 14.4. The first-order chi connectivity index (χ1) is 16.1. The van der Waals surface area contributed by atoms with Crippen LogP contribution in [0.2, 0.25) is 5.02 Å². The van der Waals surface area contributed by atoms with Gasteiger partial charge in [0.05, 0.1) is 18.2 Å². The van der Waals surface area contributed by atoms with Gasteiger partial charge in [0.1, 0.15) is 5.75 Å². The summed E-state index contributed by atoms with van der Waals surface area (Å²) in [5.74, 6) is -2.94. The van der Waals surface area contributed by atoms with Gasteiger partial charge in [-0.2, -0.15) is 0 Å². The molecule has 2 aromatic rings. The van der Waals surface area contributed by atoms with E-state index in [0.29, 0.717) is 11.1 Å². The number of benzene rings is 2. The molecular formula is C28H35ClO6. The number of rotatable bonds is 7. The van der Waals surface area contributed by atoms with Crippen molar-refractivity contribution in [1.29, 1.82) is 0 Å². The number of esters is 2. The summed E-state index contributed by atoms with van der Waals surface area (Å²) in [7, 11) is 0. The Bertz CT molecular complexity index is 1070. The third-order valence-corrected chi connectivity index (χ3v) is 6.11. The number of carbonyl (C=O) groups is 3. The van der Waals surface area contributed by atoms with E-state index in [2.05, 4.69) is 0 Å². The molecule has 0 aliphatic rings. The maximum Gasteiger partial charge on any atom is 0.336 e. The first kappa shape index (κ1) is 28.4. The largest absolute Gasteiger partial charge is 0.507 e. The number of carbonyl (C=O) groups excluding carboxylic acids is 3. The molecule has 0 aromatic heterocycles. The van der Waals surface area contributed by atoms with Gasteiger partial charge in [-0.05, 0) is 65.6 Å². The second kappa shape index (κ2) is 10.4. The summed E-state index contributed by atoms with van der Waals surface area (Å²) in [6.07, 6.45) is 0. The molecule has 0 fully saturated rings. The topological polar surface area (TPSA) is 89.9 Å². The van der Waals surface area contributed by atoms with Crippen molar-refractivity contribution in [1.82, 2.24) is 0 Å². The monoisotopic (exact) mass is 502 g/mol. The Morgan fingerprint density at radius 3 is 1.63 bits per heavy atom. The second-order valence-corrected chi connectivity index (χ2v) is 10.8. The van der Waals surface area contributed by atoms with Gasteiger partial charge in [0.25, 0.3) is 5.41 Å². The summed E-state index contributed by atoms with van der Waals surface area (Å²) < 4.78 is 10.7. The molecule has 0 atom stereocenters. The van der Waals surface area contributed by atoms with Crippen LogP contribution in [0.25, 0.3) is 0 Å². The van der Waals surface area contributed by atoms with Crippen molar-refractivity contribution in [3.8, 4) is 5.75 Å². The summed E-state index contributed by atoms with van der Waals surface area (Å²) in [4.78, 5) is 41.5. The molecule has 1 N–H and O–H groups in total. The van der Waals surface area contributed by atoms with Crippen LogP contribution in [0.15, 0.2) is 36.4 Å². The van der Waals surface area contributed by atoms with Crippen LogP contribution < -0.4 is 0 Å². The van der Waals surface area contributed by atoms with Crippen molar-refractivity contribution >= 4 is 29.3 Å². The lowest BCUT2D eigenvalue weighted by atomic mass is 9.69. The van der Waals surface area contributed by atoms with Gasteiger partial charge in [-0.1, -0.05) is 65.3 Å². The third kappa shape index (κ3) is 5.37. The maximum atomic E-state index is 14.2. The van der Waals surface area contributed by atoms with E-state index in [1.54, 1.807) is 26.0 Å². The second-order valence-electron chi connectivity index (χ2n) is 10.4. The minimum absolute atomic E-state index is 0.0158. The number of ether oxygens (including phenoxy) is 2. The van der Waals surface area contributed by atoms with E-state index in [1.165, 1.54) is 24.3 Å². The highest BCUT2D eigenvalue weighted by atomic mass is 35.5. The van der Waals surface area contributed by atoms with Crippen LogP contribution in [-0.4, -0.2) is 36.0 Å². The van der Waals surface area contributed by atoms with Crippen LogP contribution in [0, 0.1) is 0 Å². The van der Waals surface area contributed by atoms with Crippen molar-refractivity contribution in [3.05, 3.63) is 63.7 Å². The van der Waals surface area contributed by atoms with E-state index < -0.39 is 34.0 Å². The van der Waals surface area contributed by atoms with Crippen LogP contribution in [0.4, 0.5) is 0 Å². The zero-order chi connectivity index (χ0) is 26.8. The number of hydrogen-bond donors (Lipinski definition) is 1. The lowest BCUT2D eigenvalue weighted by Gasteiger charge is -2.33. The number of halogens is 1. The Labute approximate surface area is 212 Å². The molecule has 0 unspecified atom stereocenters. The number of Topliss-reactive ketones (excluding diaryl/α,β-unsaturated/α-hetero) is 1. The molecule has 7 heteroatoms. The lowest BCUT2D eigenvalue weighted by Crippen LogP contribution is -2.53. The van der Waals surface area contributed by atoms with E-state index in [4.69, 9.17) is 21.1 Å². The number of aromatic hydroxyl groups is 1. The Kier molecular flexibility index (Phi) is 8.44. The Morgan fingerprint density at radius 2 is 1.26 bits per heavy atom. The highest BCUT2D eigenvalue weighted by molar-refractivity contribution is 6.38. The number of ketones is 1. The Hall–Kier alpha value is -2.86. The highest BCUT2D eigenvalue weighted by Crippen LogP contribution is 2.44. The van der Waals surface area contributed by atoms with Crippen LogP contribution in [0.1, 0.15) is 82.4 Å². The molecule has 0 bridgehead atoms. The molecule has 2 rings (SSSR count). The fourth-order valence-electron chi connectivity index (χ4n) is 3.96. The van der Waals surface area contributed by atoms with Crippen LogP contribution in [0.3, 0.4) is 0 Å². The van der Waals surface area contributed by atoms with Gasteiger partial charge in [-0.25, -0.2) is 9.59 Å². The van der Waals surface area contributed by atoms with Crippen molar-refractivity contribution in [2.24, 2.45) is 0 Å². The molecule has 0 aliphatic carbocycles. The summed E-state index contributed by atoms with van der Waals surface area (Å²) >= 11 is 6.34. The zero-order valence-corrected chi connectivity index (χ0v) is 22.5. The fourth-order valence-corrected chi connectivity index (χ4v) is 4.18. The normalized spacial score (nSPS) is 12.3. The fraction of sp³-hybridized carbons (Fsp3) is 0.464. The third-order valence-electron chi connectivity index (χ3n) is 5.78. The molecule has 0 radical (unpaired) electrons. The Balaban J connectivity index is 3.13. The standard InChI is InChI=1S/C28H35ClO6/c1-9-34-24(32)28(25(33)35-10-2,23(31)18-13-11-12-14-21(18)29)17-15-19(26(3,4)5)22(30)20(16-17)27(6,7)8/h11-16,30H,9-10H2,1-8H3. The summed E-state index contributed by atoms with van der Waals surface area (Å²) in [5.41, 5.74) is -2.64. The molecule has 6 nitrogen and oxygen atoms in total. The molecule has 0 saturated carbocycles. The van der Waals surface area contributed by atoms with E-state index in [0.717, 1.165) is 0 Å². The van der Waals surface area contributed by atoms with Crippen LogP contribution in [-0.2, 0) is 35.3 Å². The van der Waals surface area contributed by atoms with Gasteiger partial charge < -0.3 is 14.6 Å². The first-order valence-corrected chi connectivity index (χ1v) is 12.0. The van der Waals surface area contributed by atoms with E-state index in [1.807, 2.05) is 41.5 Å². The molecule has 0 saturated heterocycles. The van der Waals surface area contributed by atoms with E-state index >= 15 is 0 Å². The number of hydrogen-bond acceptors (Lipinski definition) is 6. The van der Waals surface area contributed by atoms with Gasteiger partial charge in [-0.3, -0.25) is 4.79 Å². The average molecular weight is 503 g/mol. The predicted molar refractivity (Wildman–Crippen MR) is 136 cm³/mol. The van der Waals surface area contributed by atoms with Gasteiger partial charge >= 0.3 is 11.9 Å². The van der Waals surface area contributed by atoms with Crippen LogP contribution >= 0.6 is 11.6 Å². The van der Waals surface area contributed by atoms with Gasteiger partial charge in [0.15, 0.2) is 5.78 Å². The molecular weight excluding hydrogens is 468 g/mol. The zero-order valence-electron chi connectivity index (χ0n) is 21.7. The van der Waals surface area contributed by atoms with Gasteiger partial charge in [-0.15, -0.1) is 0 Å². The molecule has 0 aliphatic heterocycles. The lowest BCUT2D eigenvalue weighted by molar-refractivity contribution is -0.161. The molecule has 0 amide bonds. The predicted octanol–water partition coefficient (Wildman–Crippen LogP) is 5.89. The smallest absolute Gasteiger partial charge is 0.336 e. The minimum atomic E-state index is -2.48. The van der Waals surface area contributed by atoms with Crippen molar-refractivity contribution in [2.75, 3.05) is 13.2 Å². The molecule has 0 spiro atoms. The van der Waals surface area contributed by atoms with Gasteiger partial charge in [0, 0.05) is 5.56 Å². The quantitative estimate of drug-likeness (QED) is 0.288. The van der Waals surface area contributed by atoms with Gasteiger partial charge in [0.2, 0.25) is 0 Å².